The second kappa shape index (κ2) is 5.32. The van der Waals surface area contributed by atoms with Crippen LogP contribution >= 0.6 is 0 Å². The van der Waals surface area contributed by atoms with Crippen molar-refractivity contribution in [2.24, 2.45) is 0 Å². The number of carboxylic acids is 1. The third-order valence-corrected chi connectivity index (χ3v) is 2.81. The molecule has 4 nitrogen and oxygen atoms in total. The molecular weight excluding hydrogens is 180 g/mol. The fourth-order valence-corrected chi connectivity index (χ4v) is 1.83. The molecule has 2 unspecified atom stereocenters. The predicted octanol–water partition coefficient (Wildman–Crippen LogP) is 0.533. The number of nitrogens with zero attached hydrogens (tertiary/aromatic N) is 1. The fraction of sp³-hybridized carbons (Fsp3) is 0.900. The lowest BCUT2D eigenvalue weighted by molar-refractivity contribution is -0.139. The molecule has 0 aromatic carbocycles. The maximum atomic E-state index is 10.7. The topological polar surface area (TPSA) is 52.6 Å². The van der Waals surface area contributed by atoms with Crippen molar-refractivity contribution >= 4 is 5.97 Å². The first-order valence-electron chi connectivity index (χ1n) is 5.27. The molecule has 1 saturated heterocycles. The van der Waals surface area contributed by atoms with Gasteiger partial charge in [-0.1, -0.05) is 0 Å². The van der Waals surface area contributed by atoms with Gasteiger partial charge in [0.1, 0.15) is 6.04 Å². The van der Waals surface area contributed by atoms with Gasteiger partial charge in [0.25, 0.3) is 0 Å². The van der Waals surface area contributed by atoms with Gasteiger partial charge in [-0.15, -0.1) is 0 Å². The van der Waals surface area contributed by atoms with E-state index in [1.165, 1.54) is 0 Å². The number of rotatable bonds is 3. The van der Waals surface area contributed by atoms with Crippen molar-refractivity contribution in [2.75, 3.05) is 20.1 Å². The zero-order chi connectivity index (χ0) is 10.6. The second-order valence-corrected chi connectivity index (χ2v) is 4.16. The number of carboxylic acid groups (broad SMARTS) is 1. The maximum absolute atomic E-state index is 10.7. The maximum Gasteiger partial charge on any atom is 0.320 e. The van der Waals surface area contributed by atoms with Gasteiger partial charge in [-0.25, -0.2) is 0 Å². The fourth-order valence-electron chi connectivity index (χ4n) is 1.83. The van der Waals surface area contributed by atoms with Crippen molar-refractivity contribution in [3.63, 3.8) is 0 Å². The first kappa shape index (κ1) is 11.5. The zero-order valence-corrected chi connectivity index (χ0v) is 8.99. The Morgan fingerprint density at radius 3 is 2.86 bits per heavy atom. The largest absolute Gasteiger partial charge is 0.480 e. The van der Waals surface area contributed by atoms with E-state index < -0.39 is 12.0 Å². The third kappa shape index (κ3) is 3.64. The highest BCUT2D eigenvalue weighted by atomic mass is 16.4. The molecular formula is C10H20N2O2. The van der Waals surface area contributed by atoms with E-state index in [4.69, 9.17) is 5.11 Å². The van der Waals surface area contributed by atoms with Crippen molar-refractivity contribution < 1.29 is 9.90 Å². The summed E-state index contributed by atoms with van der Waals surface area (Å²) in [4.78, 5) is 12.9. The van der Waals surface area contributed by atoms with Gasteiger partial charge in [0.15, 0.2) is 0 Å². The van der Waals surface area contributed by atoms with E-state index in [0.717, 1.165) is 32.4 Å². The average molecular weight is 200 g/mol. The average Bonchev–Trinajstić information content (AvgIpc) is 2.31. The van der Waals surface area contributed by atoms with E-state index in [9.17, 15) is 4.79 Å². The number of likely N-dealkylation sites (tertiary alicyclic amines) is 1. The normalized spacial score (nSPS) is 26.9. The molecule has 0 aromatic rings. The van der Waals surface area contributed by atoms with E-state index in [-0.39, 0.29) is 0 Å². The highest BCUT2D eigenvalue weighted by Crippen LogP contribution is 2.10. The van der Waals surface area contributed by atoms with Crippen molar-refractivity contribution in [3.8, 4) is 0 Å². The van der Waals surface area contributed by atoms with Gasteiger partial charge in [-0.05, 0) is 46.3 Å². The molecule has 1 aliphatic rings. The molecule has 1 aliphatic heterocycles. The predicted molar refractivity (Wildman–Crippen MR) is 55.4 cm³/mol. The molecule has 0 aliphatic carbocycles. The van der Waals surface area contributed by atoms with Gasteiger partial charge in [0.05, 0.1) is 0 Å². The van der Waals surface area contributed by atoms with Crippen LogP contribution < -0.4 is 5.32 Å². The molecule has 0 aromatic heterocycles. The standard InChI is InChI=1S/C10H20N2O2/c1-8(10(13)14)11-9-4-3-6-12(2)7-5-9/h8-9,11H,3-7H2,1-2H3,(H,13,14). The molecule has 4 heteroatoms. The zero-order valence-electron chi connectivity index (χ0n) is 8.99. The number of carbonyl (C=O) groups is 1. The van der Waals surface area contributed by atoms with Gasteiger partial charge in [0, 0.05) is 6.04 Å². The van der Waals surface area contributed by atoms with Crippen LogP contribution in [0.4, 0.5) is 0 Å². The monoisotopic (exact) mass is 200 g/mol. The first-order chi connectivity index (χ1) is 6.59. The smallest absolute Gasteiger partial charge is 0.320 e. The van der Waals surface area contributed by atoms with E-state index in [0.29, 0.717) is 6.04 Å². The highest BCUT2D eigenvalue weighted by molar-refractivity contribution is 5.72. The molecule has 0 bridgehead atoms. The van der Waals surface area contributed by atoms with Crippen LogP contribution in [-0.2, 0) is 4.79 Å². The van der Waals surface area contributed by atoms with Gasteiger partial charge in [0.2, 0.25) is 0 Å². The van der Waals surface area contributed by atoms with Crippen LogP contribution in [0.1, 0.15) is 26.2 Å². The van der Waals surface area contributed by atoms with Crippen molar-refractivity contribution in [1.29, 1.82) is 0 Å². The molecule has 14 heavy (non-hydrogen) atoms. The molecule has 1 heterocycles. The molecule has 0 radical (unpaired) electrons. The summed E-state index contributed by atoms with van der Waals surface area (Å²) in [6.07, 6.45) is 3.29. The number of nitrogens with one attached hydrogen (secondary N) is 1. The molecule has 2 N–H and O–H groups in total. The molecule has 1 fully saturated rings. The second-order valence-electron chi connectivity index (χ2n) is 4.16. The quantitative estimate of drug-likeness (QED) is 0.698. The van der Waals surface area contributed by atoms with E-state index in [2.05, 4.69) is 17.3 Å². The highest BCUT2D eigenvalue weighted by Gasteiger charge is 2.19. The lowest BCUT2D eigenvalue weighted by atomic mass is 10.1. The van der Waals surface area contributed by atoms with Gasteiger partial charge in [-0.2, -0.15) is 0 Å². The Kier molecular flexibility index (Phi) is 4.35. The molecule has 1 rings (SSSR count). The van der Waals surface area contributed by atoms with E-state index >= 15 is 0 Å². The summed E-state index contributed by atoms with van der Waals surface area (Å²) in [6, 6.07) is -0.0607. The van der Waals surface area contributed by atoms with E-state index in [1.54, 1.807) is 6.92 Å². The van der Waals surface area contributed by atoms with Crippen LogP contribution in [0.15, 0.2) is 0 Å². The number of hydrogen-bond acceptors (Lipinski definition) is 3. The molecule has 82 valence electrons. The summed E-state index contributed by atoms with van der Waals surface area (Å²) >= 11 is 0. The van der Waals surface area contributed by atoms with Gasteiger partial charge < -0.3 is 15.3 Å². The Morgan fingerprint density at radius 1 is 1.50 bits per heavy atom. The van der Waals surface area contributed by atoms with Crippen molar-refractivity contribution in [1.82, 2.24) is 10.2 Å². The Bertz CT molecular complexity index is 197. The van der Waals surface area contributed by atoms with E-state index in [1.807, 2.05) is 0 Å². The Balaban J connectivity index is 2.33. The Labute approximate surface area is 85.3 Å². The van der Waals surface area contributed by atoms with Crippen molar-refractivity contribution in [2.45, 2.75) is 38.3 Å². The number of hydrogen-bond donors (Lipinski definition) is 2. The third-order valence-electron chi connectivity index (χ3n) is 2.81. The van der Waals surface area contributed by atoms with Crippen LogP contribution in [0.2, 0.25) is 0 Å². The summed E-state index contributed by atoms with van der Waals surface area (Å²) in [5.41, 5.74) is 0. The lowest BCUT2D eigenvalue weighted by Gasteiger charge is -2.19. The summed E-state index contributed by atoms with van der Waals surface area (Å²) in [5, 5.41) is 11.9. The molecule has 2 atom stereocenters. The van der Waals surface area contributed by atoms with Gasteiger partial charge in [-0.3, -0.25) is 4.79 Å². The minimum Gasteiger partial charge on any atom is -0.480 e. The van der Waals surface area contributed by atoms with Crippen LogP contribution in [0.3, 0.4) is 0 Å². The Morgan fingerprint density at radius 2 is 2.21 bits per heavy atom. The van der Waals surface area contributed by atoms with Crippen molar-refractivity contribution in [3.05, 3.63) is 0 Å². The van der Waals surface area contributed by atoms with Crippen LogP contribution in [0, 0.1) is 0 Å². The summed E-state index contributed by atoms with van der Waals surface area (Å²) in [6.45, 7) is 3.89. The SMILES string of the molecule is CC(NC1CCCN(C)CC1)C(=O)O. The van der Waals surface area contributed by atoms with Crippen LogP contribution in [-0.4, -0.2) is 48.2 Å². The van der Waals surface area contributed by atoms with Crippen LogP contribution in [0.25, 0.3) is 0 Å². The summed E-state index contributed by atoms with van der Waals surface area (Å²) in [7, 11) is 2.11. The molecule has 0 saturated carbocycles. The minimum absolute atomic E-state index is 0.367. The number of aliphatic carboxylic acids is 1. The molecule has 0 spiro atoms. The lowest BCUT2D eigenvalue weighted by Crippen LogP contribution is -2.41. The van der Waals surface area contributed by atoms with Gasteiger partial charge >= 0.3 is 5.97 Å². The summed E-state index contributed by atoms with van der Waals surface area (Å²) in [5.74, 6) is -0.761. The van der Waals surface area contributed by atoms with Crippen LogP contribution in [0.5, 0.6) is 0 Å². The first-order valence-corrected chi connectivity index (χ1v) is 5.27. The summed E-state index contributed by atoms with van der Waals surface area (Å²) < 4.78 is 0. The minimum atomic E-state index is -0.761. The molecule has 0 amide bonds. The Hall–Kier alpha value is -0.610.